The molecule has 0 unspecified atom stereocenters. The first-order valence-corrected chi connectivity index (χ1v) is 8.62. The average molecular weight is 289 g/mol. The van der Waals surface area contributed by atoms with E-state index in [2.05, 4.69) is 47.6 Å². The van der Waals surface area contributed by atoms with Gasteiger partial charge in [-0.1, -0.05) is 26.0 Å². The van der Waals surface area contributed by atoms with Crippen LogP contribution >= 0.6 is 0 Å². The molecule has 3 heteroatoms. The van der Waals surface area contributed by atoms with Crippen molar-refractivity contribution >= 4 is 5.69 Å². The zero-order valence-corrected chi connectivity index (χ0v) is 13.8. The number of benzene rings is 1. The third-order valence-electron chi connectivity index (χ3n) is 4.42. The Balaban J connectivity index is 1.63. The molecule has 0 saturated carbocycles. The van der Waals surface area contributed by atoms with Crippen LogP contribution in [0.1, 0.15) is 37.8 Å². The second kappa shape index (κ2) is 9.06. The lowest BCUT2D eigenvalue weighted by molar-refractivity contribution is 0.298. The molecule has 2 N–H and O–H groups in total. The van der Waals surface area contributed by atoms with Gasteiger partial charge in [0.1, 0.15) is 0 Å². The van der Waals surface area contributed by atoms with Crippen molar-refractivity contribution in [3.05, 3.63) is 29.3 Å². The minimum Gasteiger partial charge on any atom is -0.385 e. The number of anilines is 1. The molecule has 0 radical (unpaired) electrons. The molecule has 1 aliphatic rings. The van der Waals surface area contributed by atoms with Crippen molar-refractivity contribution in [1.29, 1.82) is 0 Å². The van der Waals surface area contributed by atoms with Crippen molar-refractivity contribution < 1.29 is 0 Å². The Labute approximate surface area is 130 Å². The minimum atomic E-state index is 1.09. The Hall–Kier alpha value is -1.06. The summed E-state index contributed by atoms with van der Waals surface area (Å²) in [7, 11) is 0. The molecular weight excluding hydrogens is 258 g/mol. The van der Waals surface area contributed by atoms with Crippen LogP contribution < -0.4 is 10.6 Å². The van der Waals surface area contributed by atoms with Crippen molar-refractivity contribution in [1.82, 2.24) is 10.2 Å². The van der Waals surface area contributed by atoms with Gasteiger partial charge in [0, 0.05) is 12.2 Å². The van der Waals surface area contributed by atoms with Crippen LogP contribution in [0.4, 0.5) is 5.69 Å². The number of nitrogens with zero attached hydrogens (tertiary/aromatic N) is 1. The average Bonchev–Trinajstić information content (AvgIpc) is 2.54. The minimum absolute atomic E-state index is 1.09. The first-order chi connectivity index (χ1) is 10.3. The van der Waals surface area contributed by atoms with E-state index >= 15 is 0 Å². The summed E-state index contributed by atoms with van der Waals surface area (Å²) in [5.74, 6) is 0. The Morgan fingerprint density at radius 3 is 2.86 bits per heavy atom. The molecule has 0 spiro atoms. The van der Waals surface area contributed by atoms with E-state index in [0.717, 1.165) is 26.1 Å². The first-order valence-electron chi connectivity index (χ1n) is 8.62. The van der Waals surface area contributed by atoms with Gasteiger partial charge in [0.25, 0.3) is 0 Å². The van der Waals surface area contributed by atoms with Crippen LogP contribution in [0.5, 0.6) is 0 Å². The van der Waals surface area contributed by atoms with E-state index in [0.29, 0.717) is 0 Å². The van der Waals surface area contributed by atoms with Gasteiger partial charge in [-0.15, -0.1) is 0 Å². The highest BCUT2D eigenvalue weighted by Crippen LogP contribution is 2.22. The first kappa shape index (κ1) is 16.3. The van der Waals surface area contributed by atoms with Gasteiger partial charge in [-0.05, 0) is 75.6 Å². The van der Waals surface area contributed by atoms with E-state index in [-0.39, 0.29) is 0 Å². The molecule has 21 heavy (non-hydrogen) atoms. The van der Waals surface area contributed by atoms with E-state index in [4.69, 9.17) is 0 Å². The summed E-state index contributed by atoms with van der Waals surface area (Å²) in [6.45, 7) is 11.4. The number of hydrogen-bond acceptors (Lipinski definition) is 3. The van der Waals surface area contributed by atoms with Crippen LogP contribution in [0.25, 0.3) is 0 Å². The fourth-order valence-corrected chi connectivity index (χ4v) is 3.01. The third-order valence-corrected chi connectivity index (χ3v) is 4.42. The molecule has 0 saturated heterocycles. The Morgan fingerprint density at radius 2 is 2.05 bits per heavy atom. The highest BCUT2D eigenvalue weighted by Gasteiger charge is 2.08. The van der Waals surface area contributed by atoms with Gasteiger partial charge in [0.2, 0.25) is 0 Å². The van der Waals surface area contributed by atoms with Crippen molar-refractivity contribution in [3.8, 4) is 0 Å². The number of nitrogens with one attached hydrogen (secondary N) is 2. The summed E-state index contributed by atoms with van der Waals surface area (Å²) >= 11 is 0. The Bertz CT molecular complexity index is 413. The van der Waals surface area contributed by atoms with Gasteiger partial charge < -0.3 is 15.5 Å². The Kier molecular flexibility index (Phi) is 7.04. The molecule has 1 aromatic carbocycles. The van der Waals surface area contributed by atoms with E-state index in [1.165, 1.54) is 55.7 Å². The molecule has 0 aromatic heterocycles. The number of aryl methyl sites for hydroxylation is 1. The van der Waals surface area contributed by atoms with Gasteiger partial charge in [-0.25, -0.2) is 0 Å². The van der Waals surface area contributed by atoms with Gasteiger partial charge in [0.15, 0.2) is 0 Å². The molecule has 0 bridgehead atoms. The van der Waals surface area contributed by atoms with Crippen molar-refractivity contribution in [2.24, 2.45) is 0 Å². The summed E-state index contributed by atoms with van der Waals surface area (Å²) in [5.41, 5.74) is 4.31. The summed E-state index contributed by atoms with van der Waals surface area (Å²) in [6.07, 6.45) is 4.88. The molecule has 3 nitrogen and oxygen atoms in total. The maximum atomic E-state index is 3.58. The third kappa shape index (κ3) is 5.33. The quantitative estimate of drug-likeness (QED) is 0.685. The van der Waals surface area contributed by atoms with Gasteiger partial charge >= 0.3 is 0 Å². The normalized spacial score (nSPS) is 14.0. The predicted octanol–water partition coefficient (Wildman–Crippen LogP) is 2.91. The van der Waals surface area contributed by atoms with Crippen molar-refractivity contribution in [2.75, 3.05) is 44.6 Å². The lowest BCUT2D eigenvalue weighted by Crippen LogP contribution is -2.27. The van der Waals surface area contributed by atoms with Gasteiger partial charge in [-0.3, -0.25) is 0 Å². The van der Waals surface area contributed by atoms with Crippen LogP contribution in [0.15, 0.2) is 18.2 Å². The summed E-state index contributed by atoms with van der Waals surface area (Å²) in [6, 6.07) is 6.91. The zero-order valence-electron chi connectivity index (χ0n) is 13.8. The van der Waals surface area contributed by atoms with Crippen LogP contribution in [-0.2, 0) is 12.8 Å². The van der Waals surface area contributed by atoms with Crippen LogP contribution in [0, 0.1) is 0 Å². The molecule has 118 valence electrons. The molecule has 0 fully saturated rings. The lowest BCUT2D eigenvalue weighted by atomic mass is 9.99. The largest absolute Gasteiger partial charge is 0.385 e. The highest BCUT2D eigenvalue weighted by atomic mass is 15.1. The number of hydrogen-bond donors (Lipinski definition) is 2. The van der Waals surface area contributed by atoms with Crippen LogP contribution in [-0.4, -0.2) is 44.2 Å². The zero-order chi connectivity index (χ0) is 14.9. The molecule has 2 rings (SSSR count). The topological polar surface area (TPSA) is 27.3 Å². The van der Waals surface area contributed by atoms with Crippen molar-refractivity contribution in [2.45, 2.75) is 39.5 Å². The lowest BCUT2D eigenvalue weighted by Gasteiger charge is -2.19. The van der Waals surface area contributed by atoms with Crippen molar-refractivity contribution in [3.63, 3.8) is 0 Å². The van der Waals surface area contributed by atoms with E-state index < -0.39 is 0 Å². The van der Waals surface area contributed by atoms with Gasteiger partial charge in [-0.2, -0.15) is 0 Å². The molecule has 1 aliphatic heterocycles. The predicted molar refractivity (Wildman–Crippen MR) is 92.2 cm³/mol. The van der Waals surface area contributed by atoms with Crippen LogP contribution in [0.2, 0.25) is 0 Å². The fraction of sp³-hybridized carbons (Fsp3) is 0.667. The molecule has 1 heterocycles. The summed E-state index contributed by atoms with van der Waals surface area (Å²) in [5, 5.41) is 7.05. The summed E-state index contributed by atoms with van der Waals surface area (Å²) < 4.78 is 0. The second-order valence-electron chi connectivity index (χ2n) is 5.90. The Morgan fingerprint density at radius 1 is 1.19 bits per heavy atom. The molecule has 0 aliphatic carbocycles. The molecule has 1 aromatic rings. The van der Waals surface area contributed by atoms with E-state index in [1.54, 1.807) is 0 Å². The summed E-state index contributed by atoms with van der Waals surface area (Å²) in [4.78, 5) is 2.48. The number of fused-ring (bicyclic) bond motifs is 1. The monoisotopic (exact) mass is 289 g/mol. The van der Waals surface area contributed by atoms with Gasteiger partial charge in [0.05, 0.1) is 0 Å². The molecular formula is C18H31N3. The molecule has 0 atom stereocenters. The SMILES string of the molecule is CCN(CC)CCCNCCc1ccc2c(c1)CCCN2. The second-order valence-corrected chi connectivity index (χ2v) is 5.90. The van der Waals surface area contributed by atoms with E-state index in [9.17, 15) is 0 Å². The maximum absolute atomic E-state index is 3.58. The highest BCUT2D eigenvalue weighted by molar-refractivity contribution is 5.54. The van der Waals surface area contributed by atoms with E-state index in [1.807, 2.05) is 0 Å². The van der Waals surface area contributed by atoms with Crippen LogP contribution in [0.3, 0.4) is 0 Å². The fourth-order valence-electron chi connectivity index (χ4n) is 3.01. The number of rotatable bonds is 9. The maximum Gasteiger partial charge on any atom is 0.0372 e. The smallest absolute Gasteiger partial charge is 0.0372 e. The molecule has 0 amide bonds. The standard InChI is InChI=1S/C18H31N3/c1-3-21(4-2)14-6-11-19-13-10-16-8-9-18-17(15-16)7-5-12-20-18/h8-9,15,19-20H,3-7,10-14H2,1-2H3.